The van der Waals surface area contributed by atoms with Gasteiger partial charge in [-0.3, -0.25) is 9.67 Å². The van der Waals surface area contributed by atoms with E-state index in [4.69, 9.17) is 0 Å². The molecule has 0 atom stereocenters. The first-order valence-electron chi connectivity index (χ1n) is 7.26. The summed E-state index contributed by atoms with van der Waals surface area (Å²) in [5.74, 6) is 0. The number of hydrogen-bond donors (Lipinski definition) is 0. The van der Waals surface area contributed by atoms with Gasteiger partial charge in [0.25, 0.3) is 0 Å². The molecule has 0 saturated carbocycles. The lowest BCUT2D eigenvalue weighted by Gasteiger charge is -2.21. The second-order valence-corrected chi connectivity index (χ2v) is 6.61. The summed E-state index contributed by atoms with van der Waals surface area (Å²) in [5.41, 5.74) is 4.67. The number of aryl methyl sites for hydroxylation is 1. The van der Waals surface area contributed by atoms with Crippen LogP contribution in [0.3, 0.4) is 0 Å². The van der Waals surface area contributed by atoms with Crippen LogP contribution in [0.25, 0.3) is 22.0 Å². The zero-order chi connectivity index (χ0) is 15.2. The van der Waals surface area contributed by atoms with Crippen molar-refractivity contribution in [2.45, 2.75) is 33.1 Å². The van der Waals surface area contributed by atoms with Crippen LogP contribution in [0.4, 0.5) is 0 Å². The van der Waals surface area contributed by atoms with Crippen molar-refractivity contribution in [3.8, 4) is 11.3 Å². The summed E-state index contributed by atoms with van der Waals surface area (Å²) in [6.45, 7) is 8.78. The topological polar surface area (TPSA) is 30.7 Å². The zero-order valence-electron chi connectivity index (χ0n) is 13.3. The number of aromatic nitrogens is 3. The van der Waals surface area contributed by atoms with Crippen molar-refractivity contribution < 1.29 is 0 Å². The number of rotatable bonds is 1. The molecule has 0 aliphatic heterocycles. The van der Waals surface area contributed by atoms with Crippen molar-refractivity contribution >= 4 is 10.8 Å². The van der Waals surface area contributed by atoms with Crippen LogP contribution < -0.4 is 0 Å². The first-order chi connectivity index (χ1) is 9.88. The van der Waals surface area contributed by atoms with E-state index >= 15 is 0 Å². The third kappa shape index (κ3) is 2.33. The zero-order valence-corrected chi connectivity index (χ0v) is 13.3. The van der Waals surface area contributed by atoms with E-state index in [-0.39, 0.29) is 5.41 Å². The number of fused-ring (bicyclic) bond motifs is 1. The molecule has 0 amide bonds. The van der Waals surface area contributed by atoms with E-state index in [1.54, 1.807) is 0 Å². The fraction of sp³-hybridized carbons (Fsp3) is 0.333. The largest absolute Gasteiger partial charge is 0.272 e. The predicted octanol–water partition coefficient (Wildman–Crippen LogP) is 4.24. The molecule has 3 nitrogen and oxygen atoms in total. The van der Waals surface area contributed by atoms with E-state index in [0.29, 0.717) is 0 Å². The van der Waals surface area contributed by atoms with E-state index in [0.717, 1.165) is 17.0 Å². The molecule has 3 heteroatoms. The minimum absolute atomic E-state index is 0.118. The van der Waals surface area contributed by atoms with E-state index in [1.807, 2.05) is 24.1 Å². The highest BCUT2D eigenvalue weighted by atomic mass is 15.3. The van der Waals surface area contributed by atoms with E-state index in [1.165, 1.54) is 16.3 Å². The summed E-state index contributed by atoms with van der Waals surface area (Å²) in [5, 5.41) is 6.77. The van der Waals surface area contributed by atoms with Gasteiger partial charge in [0, 0.05) is 29.9 Å². The van der Waals surface area contributed by atoms with Crippen molar-refractivity contribution in [2.75, 3.05) is 0 Å². The van der Waals surface area contributed by atoms with Crippen LogP contribution in [0.15, 0.2) is 36.7 Å². The van der Waals surface area contributed by atoms with Gasteiger partial charge >= 0.3 is 0 Å². The lowest BCUT2D eigenvalue weighted by molar-refractivity contribution is 0.596. The summed E-state index contributed by atoms with van der Waals surface area (Å²) in [4.78, 5) is 4.67. The maximum atomic E-state index is 4.67. The fourth-order valence-corrected chi connectivity index (χ4v) is 2.72. The number of hydrogen-bond acceptors (Lipinski definition) is 2. The Bertz CT molecular complexity index is 807. The van der Waals surface area contributed by atoms with Crippen molar-refractivity contribution in [3.63, 3.8) is 0 Å². The molecule has 0 aliphatic carbocycles. The van der Waals surface area contributed by atoms with E-state index in [9.17, 15) is 0 Å². The highest BCUT2D eigenvalue weighted by Crippen LogP contribution is 2.31. The van der Waals surface area contributed by atoms with Crippen molar-refractivity contribution in [1.29, 1.82) is 0 Å². The van der Waals surface area contributed by atoms with Crippen LogP contribution in [0.2, 0.25) is 0 Å². The molecule has 0 N–H and O–H groups in total. The summed E-state index contributed by atoms with van der Waals surface area (Å²) in [7, 11) is 1.96. The Balaban J connectivity index is 2.21. The van der Waals surface area contributed by atoms with Crippen LogP contribution in [-0.4, -0.2) is 14.8 Å². The van der Waals surface area contributed by atoms with E-state index in [2.05, 4.69) is 62.0 Å². The van der Waals surface area contributed by atoms with E-state index < -0.39 is 0 Å². The lowest BCUT2D eigenvalue weighted by atomic mass is 9.84. The smallest absolute Gasteiger partial charge is 0.0742 e. The average Bonchev–Trinajstić information content (AvgIpc) is 2.77. The van der Waals surface area contributed by atoms with Gasteiger partial charge in [-0.15, -0.1) is 0 Å². The predicted molar refractivity (Wildman–Crippen MR) is 87.4 cm³/mol. The second kappa shape index (κ2) is 4.69. The molecule has 0 unspecified atom stereocenters. The van der Waals surface area contributed by atoms with Gasteiger partial charge < -0.3 is 0 Å². The van der Waals surface area contributed by atoms with Gasteiger partial charge in [-0.25, -0.2) is 0 Å². The van der Waals surface area contributed by atoms with Crippen LogP contribution >= 0.6 is 0 Å². The first kappa shape index (κ1) is 13.8. The first-order valence-corrected chi connectivity index (χ1v) is 7.26. The van der Waals surface area contributed by atoms with Gasteiger partial charge in [-0.1, -0.05) is 39.0 Å². The second-order valence-electron chi connectivity index (χ2n) is 6.61. The standard InChI is InChI=1S/C18H21N3/c1-12-14(11-20-21(12)5)17-9-13-7-6-8-16(18(2,3)4)15(13)10-19-17/h6-11H,1-5H3. The number of nitrogens with zero attached hydrogens (tertiary/aromatic N) is 3. The van der Waals surface area contributed by atoms with Gasteiger partial charge in [0.2, 0.25) is 0 Å². The van der Waals surface area contributed by atoms with Crippen molar-refractivity contribution in [1.82, 2.24) is 14.8 Å². The molecule has 0 bridgehead atoms. The average molecular weight is 279 g/mol. The molecular formula is C18H21N3. The summed E-state index contributed by atoms with van der Waals surface area (Å²) >= 11 is 0. The molecule has 1 aromatic carbocycles. The fourth-order valence-electron chi connectivity index (χ4n) is 2.72. The van der Waals surface area contributed by atoms with Gasteiger partial charge in [0.15, 0.2) is 0 Å². The Morgan fingerprint density at radius 3 is 2.48 bits per heavy atom. The van der Waals surface area contributed by atoms with Gasteiger partial charge in [-0.05, 0) is 29.4 Å². The monoisotopic (exact) mass is 279 g/mol. The summed E-state index contributed by atoms with van der Waals surface area (Å²) < 4.78 is 1.88. The Morgan fingerprint density at radius 2 is 1.86 bits per heavy atom. The normalized spacial score (nSPS) is 12.0. The summed E-state index contributed by atoms with van der Waals surface area (Å²) in [6.07, 6.45) is 3.88. The molecule has 2 heterocycles. The Kier molecular flexibility index (Phi) is 3.08. The minimum Gasteiger partial charge on any atom is -0.272 e. The van der Waals surface area contributed by atoms with Crippen molar-refractivity contribution in [3.05, 3.63) is 47.9 Å². The number of pyridine rings is 1. The lowest BCUT2D eigenvalue weighted by Crippen LogP contribution is -2.11. The maximum absolute atomic E-state index is 4.67. The number of benzene rings is 1. The Hall–Kier alpha value is -2.16. The van der Waals surface area contributed by atoms with Crippen LogP contribution in [0.5, 0.6) is 0 Å². The molecule has 2 aromatic heterocycles. The molecule has 0 aliphatic rings. The van der Waals surface area contributed by atoms with Crippen LogP contribution in [0.1, 0.15) is 32.0 Å². The van der Waals surface area contributed by atoms with Crippen LogP contribution in [-0.2, 0) is 12.5 Å². The highest BCUT2D eigenvalue weighted by Gasteiger charge is 2.17. The molecule has 0 fully saturated rings. The Labute approximate surface area is 125 Å². The molecular weight excluding hydrogens is 258 g/mol. The van der Waals surface area contributed by atoms with Gasteiger partial charge in [0.1, 0.15) is 0 Å². The molecule has 21 heavy (non-hydrogen) atoms. The molecule has 0 radical (unpaired) electrons. The molecule has 3 rings (SSSR count). The minimum atomic E-state index is 0.118. The highest BCUT2D eigenvalue weighted by molar-refractivity contribution is 5.88. The molecule has 108 valence electrons. The maximum Gasteiger partial charge on any atom is 0.0742 e. The third-order valence-electron chi connectivity index (χ3n) is 4.08. The van der Waals surface area contributed by atoms with Crippen LogP contribution in [0, 0.1) is 6.92 Å². The molecule has 0 saturated heterocycles. The third-order valence-corrected chi connectivity index (χ3v) is 4.08. The van der Waals surface area contributed by atoms with Crippen molar-refractivity contribution in [2.24, 2.45) is 7.05 Å². The Morgan fingerprint density at radius 1 is 1.10 bits per heavy atom. The molecule has 3 aromatic rings. The molecule has 0 spiro atoms. The van der Waals surface area contributed by atoms with Gasteiger partial charge in [-0.2, -0.15) is 5.10 Å². The summed E-state index contributed by atoms with van der Waals surface area (Å²) in [6, 6.07) is 8.64. The SMILES string of the molecule is Cc1c(-c2cc3cccc(C(C)(C)C)c3cn2)cnn1C. The van der Waals surface area contributed by atoms with Gasteiger partial charge in [0.05, 0.1) is 11.9 Å². The quantitative estimate of drug-likeness (QED) is 0.667.